The fourth-order valence-corrected chi connectivity index (χ4v) is 2.33. The first kappa shape index (κ1) is 15.8. The molecule has 0 radical (unpaired) electrons. The summed E-state index contributed by atoms with van der Waals surface area (Å²) in [5.74, 6) is 1.16. The molecule has 1 aromatic heterocycles. The average molecular weight is 290 g/mol. The third-order valence-electron chi connectivity index (χ3n) is 3.68. The summed E-state index contributed by atoms with van der Waals surface area (Å²) in [5, 5.41) is 3.46. The van der Waals surface area contributed by atoms with Crippen LogP contribution >= 0.6 is 0 Å². The van der Waals surface area contributed by atoms with Gasteiger partial charge < -0.3 is 15.1 Å². The number of piperazine rings is 1. The van der Waals surface area contributed by atoms with Gasteiger partial charge in [-0.3, -0.25) is 4.79 Å². The van der Waals surface area contributed by atoms with E-state index in [2.05, 4.69) is 48.1 Å². The molecular formula is C16H26N4O. The molecule has 2 rings (SSSR count). The highest BCUT2D eigenvalue weighted by atomic mass is 16.2. The molecule has 1 aliphatic heterocycles. The normalized spacial score (nSPS) is 16.2. The number of rotatable bonds is 3. The van der Waals surface area contributed by atoms with Crippen LogP contribution in [0.3, 0.4) is 0 Å². The van der Waals surface area contributed by atoms with E-state index in [1.54, 1.807) is 6.92 Å². The SMILES string of the molecule is CC(=O)N1CCN(c2ccc(CNC(C)(C)C)cn2)CC1. The number of carbonyl (C=O) groups excluding carboxylic acids is 1. The highest BCUT2D eigenvalue weighted by molar-refractivity contribution is 5.73. The van der Waals surface area contributed by atoms with Crippen LogP contribution in [0, 0.1) is 0 Å². The molecule has 1 N–H and O–H groups in total. The molecule has 0 aliphatic carbocycles. The molecule has 1 aliphatic rings. The van der Waals surface area contributed by atoms with Crippen molar-refractivity contribution in [2.75, 3.05) is 31.1 Å². The van der Waals surface area contributed by atoms with Crippen molar-refractivity contribution in [3.05, 3.63) is 23.9 Å². The summed E-state index contributed by atoms with van der Waals surface area (Å²) >= 11 is 0. The Kier molecular flexibility index (Phi) is 4.83. The number of hydrogen-bond acceptors (Lipinski definition) is 4. The summed E-state index contributed by atoms with van der Waals surface area (Å²) in [4.78, 5) is 20.0. The smallest absolute Gasteiger partial charge is 0.219 e. The molecule has 1 fully saturated rings. The van der Waals surface area contributed by atoms with Crippen LogP contribution in [-0.4, -0.2) is 47.5 Å². The van der Waals surface area contributed by atoms with Crippen molar-refractivity contribution in [1.29, 1.82) is 0 Å². The van der Waals surface area contributed by atoms with Gasteiger partial charge in [0.15, 0.2) is 0 Å². The third kappa shape index (κ3) is 4.70. The summed E-state index contributed by atoms with van der Waals surface area (Å²) < 4.78 is 0. The Bertz CT molecular complexity index is 470. The zero-order chi connectivity index (χ0) is 15.5. The van der Waals surface area contributed by atoms with E-state index in [4.69, 9.17) is 0 Å². The molecule has 0 bridgehead atoms. The number of nitrogens with one attached hydrogen (secondary N) is 1. The average Bonchev–Trinajstić information content (AvgIpc) is 2.45. The predicted octanol–water partition coefficient (Wildman–Crippen LogP) is 1.64. The molecule has 0 atom stereocenters. The van der Waals surface area contributed by atoms with Crippen molar-refractivity contribution in [1.82, 2.24) is 15.2 Å². The first-order valence-corrected chi connectivity index (χ1v) is 7.55. The van der Waals surface area contributed by atoms with Gasteiger partial charge >= 0.3 is 0 Å². The number of aromatic nitrogens is 1. The van der Waals surface area contributed by atoms with Crippen molar-refractivity contribution in [2.45, 2.75) is 39.8 Å². The van der Waals surface area contributed by atoms with Crippen LogP contribution in [0.2, 0.25) is 0 Å². The van der Waals surface area contributed by atoms with Gasteiger partial charge in [0.05, 0.1) is 0 Å². The minimum absolute atomic E-state index is 0.113. The number of anilines is 1. The van der Waals surface area contributed by atoms with Crippen LogP contribution in [0.15, 0.2) is 18.3 Å². The molecule has 21 heavy (non-hydrogen) atoms. The largest absolute Gasteiger partial charge is 0.353 e. The minimum Gasteiger partial charge on any atom is -0.353 e. The van der Waals surface area contributed by atoms with E-state index in [-0.39, 0.29) is 11.4 Å². The van der Waals surface area contributed by atoms with Crippen LogP contribution in [0.1, 0.15) is 33.3 Å². The number of hydrogen-bond donors (Lipinski definition) is 1. The Morgan fingerprint density at radius 3 is 2.38 bits per heavy atom. The lowest BCUT2D eigenvalue weighted by Crippen LogP contribution is -2.48. The van der Waals surface area contributed by atoms with Gasteiger partial charge in [-0.1, -0.05) is 6.07 Å². The summed E-state index contributed by atoms with van der Waals surface area (Å²) in [6.45, 7) is 12.2. The van der Waals surface area contributed by atoms with Crippen molar-refractivity contribution >= 4 is 11.7 Å². The number of carbonyl (C=O) groups is 1. The monoisotopic (exact) mass is 290 g/mol. The Hall–Kier alpha value is -1.62. The van der Waals surface area contributed by atoms with Gasteiger partial charge in [0.1, 0.15) is 5.82 Å². The zero-order valence-corrected chi connectivity index (χ0v) is 13.5. The maximum absolute atomic E-state index is 11.3. The van der Waals surface area contributed by atoms with E-state index >= 15 is 0 Å². The van der Waals surface area contributed by atoms with Gasteiger partial charge in [0.2, 0.25) is 5.91 Å². The first-order valence-electron chi connectivity index (χ1n) is 7.55. The topological polar surface area (TPSA) is 48.5 Å². The molecule has 0 aromatic carbocycles. The van der Waals surface area contributed by atoms with Crippen LogP contribution < -0.4 is 10.2 Å². The minimum atomic E-state index is 0.113. The van der Waals surface area contributed by atoms with Gasteiger partial charge in [-0.2, -0.15) is 0 Å². The molecule has 0 saturated carbocycles. The molecule has 0 spiro atoms. The second kappa shape index (κ2) is 6.43. The molecule has 2 heterocycles. The van der Waals surface area contributed by atoms with E-state index in [1.807, 2.05) is 11.1 Å². The van der Waals surface area contributed by atoms with E-state index < -0.39 is 0 Å². The quantitative estimate of drug-likeness (QED) is 0.919. The molecule has 1 saturated heterocycles. The highest BCUT2D eigenvalue weighted by Gasteiger charge is 2.19. The summed E-state index contributed by atoms with van der Waals surface area (Å²) in [7, 11) is 0. The van der Waals surface area contributed by atoms with Gasteiger partial charge in [-0.15, -0.1) is 0 Å². The van der Waals surface area contributed by atoms with Crippen molar-refractivity contribution < 1.29 is 4.79 Å². The zero-order valence-electron chi connectivity index (χ0n) is 13.5. The third-order valence-corrected chi connectivity index (χ3v) is 3.68. The van der Waals surface area contributed by atoms with E-state index in [0.717, 1.165) is 38.5 Å². The maximum atomic E-state index is 11.3. The Morgan fingerprint density at radius 1 is 1.24 bits per heavy atom. The van der Waals surface area contributed by atoms with E-state index in [0.29, 0.717) is 0 Å². The molecule has 116 valence electrons. The fourth-order valence-electron chi connectivity index (χ4n) is 2.33. The summed E-state index contributed by atoms with van der Waals surface area (Å²) in [6.07, 6.45) is 1.94. The van der Waals surface area contributed by atoms with E-state index in [9.17, 15) is 4.79 Å². The standard InChI is InChI=1S/C16H26N4O/c1-13(21)19-7-9-20(10-8-19)15-6-5-14(11-17-15)12-18-16(2,3)4/h5-6,11,18H,7-10,12H2,1-4H3. The lowest BCUT2D eigenvalue weighted by molar-refractivity contribution is -0.129. The van der Waals surface area contributed by atoms with Crippen LogP contribution in [0.5, 0.6) is 0 Å². The Morgan fingerprint density at radius 2 is 1.90 bits per heavy atom. The van der Waals surface area contributed by atoms with Crippen molar-refractivity contribution in [3.8, 4) is 0 Å². The molecular weight excluding hydrogens is 264 g/mol. The van der Waals surface area contributed by atoms with Gasteiger partial charge in [-0.05, 0) is 32.4 Å². The van der Waals surface area contributed by atoms with Crippen LogP contribution in [0.4, 0.5) is 5.82 Å². The fraction of sp³-hybridized carbons (Fsp3) is 0.625. The van der Waals surface area contributed by atoms with E-state index in [1.165, 1.54) is 5.56 Å². The summed E-state index contributed by atoms with van der Waals surface area (Å²) in [6, 6.07) is 4.20. The molecule has 5 heteroatoms. The Balaban J connectivity index is 1.89. The number of pyridine rings is 1. The Labute approximate surface area is 127 Å². The number of nitrogens with zero attached hydrogens (tertiary/aromatic N) is 3. The second-order valence-corrected chi connectivity index (χ2v) is 6.62. The maximum Gasteiger partial charge on any atom is 0.219 e. The van der Waals surface area contributed by atoms with Gasteiger partial charge in [0, 0.05) is 51.4 Å². The molecule has 1 aromatic rings. The lowest BCUT2D eigenvalue weighted by Gasteiger charge is -2.34. The molecule has 1 amide bonds. The van der Waals surface area contributed by atoms with Gasteiger partial charge in [0.25, 0.3) is 0 Å². The van der Waals surface area contributed by atoms with Gasteiger partial charge in [-0.25, -0.2) is 4.98 Å². The molecule has 5 nitrogen and oxygen atoms in total. The highest BCUT2D eigenvalue weighted by Crippen LogP contribution is 2.14. The first-order chi connectivity index (χ1) is 9.85. The molecule has 0 unspecified atom stereocenters. The number of amides is 1. The van der Waals surface area contributed by atoms with Crippen molar-refractivity contribution in [2.24, 2.45) is 0 Å². The van der Waals surface area contributed by atoms with Crippen LogP contribution in [0.25, 0.3) is 0 Å². The van der Waals surface area contributed by atoms with Crippen LogP contribution in [-0.2, 0) is 11.3 Å². The lowest BCUT2D eigenvalue weighted by atomic mass is 10.1. The second-order valence-electron chi connectivity index (χ2n) is 6.62. The van der Waals surface area contributed by atoms with Crippen molar-refractivity contribution in [3.63, 3.8) is 0 Å². The predicted molar refractivity (Wildman–Crippen MR) is 85.3 cm³/mol. The summed E-state index contributed by atoms with van der Waals surface area (Å²) in [5.41, 5.74) is 1.30.